The van der Waals surface area contributed by atoms with Crippen molar-refractivity contribution < 1.29 is 32.6 Å². The molecule has 2 saturated carbocycles. The third kappa shape index (κ3) is 5.32. The highest BCUT2D eigenvalue weighted by atomic mass is 19.1. The second-order valence-corrected chi connectivity index (χ2v) is 11.7. The molecule has 2 aromatic heterocycles. The average molecular weight is 578 g/mol. The van der Waals surface area contributed by atoms with Gasteiger partial charge in [0.25, 0.3) is 5.91 Å². The van der Waals surface area contributed by atoms with Gasteiger partial charge in [0.2, 0.25) is 0 Å². The van der Waals surface area contributed by atoms with Crippen LogP contribution in [0.15, 0.2) is 48.5 Å². The van der Waals surface area contributed by atoms with Gasteiger partial charge in [0, 0.05) is 28.0 Å². The minimum absolute atomic E-state index is 0.0393. The summed E-state index contributed by atoms with van der Waals surface area (Å²) < 4.78 is 57.3. The Morgan fingerprint density at radius 1 is 1.07 bits per heavy atom. The van der Waals surface area contributed by atoms with Gasteiger partial charge in [-0.1, -0.05) is 0 Å². The van der Waals surface area contributed by atoms with Crippen LogP contribution in [-0.2, 0) is 11.2 Å². The van der Waals surface area contributed by atoms with Crippen molar-refractivity contribution in [2.45, 2.75) is 56.7 Å². The van der Waals surface area contributed by atoms with E-state index in [9.17, 15) is 19.4 Å². The zero-order valence-corrected chi connectivity index (χ0v) is 23.1. The fourth-order valence-corrected chi connectivity index (χ4v) is 5.25. The molecule has 6 rings (SSSR count). The predicted octanol–water partition coefficient (Wildman–Crippen LogP) is 5.11. The van der Waals surface area contributed by atoms with Crippen LogP contribution in [0.2, 0.25) is 0 Å². The molecule has 0 bridgehead atoms. The lowest BCUT2D eigenvalue weighted by Crippen LogP contribution is -2.43. The van der Waals surface area contributed by atoms with Crippen molar-refractivity contribution in [1.29, 1.82) is 0 Å². The van der Waals surface area contributed by atoms with Gasteiger partial charge in [-0.15, -0.1) is 5.10 Å². The van der Waals surface area contributed by atoms with E-state index in [4.69, 9.17) is 8.85 Å². The summed E-state index contributed by atoms with van der Waals surface area (Å²) in [6, 6.07) is 10.9. The van der Waals surface area contributed by atoms with Gasteiger partial charge >= 0.3 is 0 Å². The van der Waals surface area contributed by atoms with Gasteiger partial charge in [0.1, 0.15) is 28.4 Å². The van der Waals surface area contributed by atoms with Crippen LogP contribution in [0.25, 0.3) is 22.2 Å². The van der Waals surface area contributed by atoms with Gasteiger partial charge in [-0.05, 0) is 94.0 Å². The topological polar surface area (TPSA) is 117 Å². The van der Waals surface area contributed by atoms with Crippen LogP contribution in [0.4, 0.5) is 8.78 Å². The van der Waals surface area contributed by atoms with Gasteiger partial charge in [-0.3, -0.25) is 4.79 Å². The smallest absolute Gasteiger partial charge is 0.251 e. The van der Waals surface area contributed by atoms with Crippen LogP contribution < -0.4 is 10.1 Å². The molecular weight excluding hydrogens is 542 g/mol. The summed E-state index contributed by atoms with van der Waals surface area (Å²) >= 11 is 0. The number of hydrogen-bond acceptors (Lipinski definition) is 7. The zero-order chi connectivity index (χ0) is 32.3. The first-order chi connectivity index (χ1) is 21.1. The van der Waals surface area contributed by atoms with Crippen LogP contribution in [0.3, 0.4) is 0 Å². The van der Waals surface area contributed by atoms with E-state index in [-0.39, 0.29) is 57.7 Å². The molecule has 0 aliphatic heterocycles. The first-order valence-corrected chi connectivity index (χ1v) is 13.8. The zero-order valence-electron chi connectivity index (χ0n) is 26.1. The molecule has 2 aliphatic rings. The third-order valence-electron chi connectivity index (χ3n) is 7.99. The highest BCUT2D eigenvalue weighted by Crippen LogP contribution is 2.46. The number of carbonyl (C=O) groups excluding carboxylic acids is 1. The Bertz CT molecular complexity index is 1790. The Kier molecular flexibility index (Phi) is 6.06. The monoisotopic (exact) mass is 577 g/mol. The Morgan fingerprint density at radius 2 is 1.81 bits per heavy atom. The molecule has 4 aromatic rings. The molecule has 2 aromatic carbocycles. The van der Waals surface area contributed by atoms with E-state index in [1.165, 1.54) is 38.1 Å². The quantitative estimate of drug-likeness (QED) is 0.253. The second-order valence-electron chi connectivity index (χ2n) is 11.7. The van der Waals surface area contributed by atoms with E-state index in [1.807, 2.05) is 0 Å². The lowest BCUT2D eigenvalue weighted by atomic mass is 9.87. The molecule has 2 aliphatic carbocycles. The number of hydrogen-bond donors (Lipinski definition) is 3. The number of aliphatic hydroxyl groups is 2. The maximum Gasteiger partial charge on any atom is 0.251 e. The van der Waals surface area contributed by atoms with Gasteiger partial charge in [-0.2, -0.15) is 5.10 Å². The number of nitrogens with one attached hydrogen (secondary N) is 1. The molecule has 42 heavy (non-hydrogen) atoms. The Hall–Kier alpha value is -4.02. The molecule has 0 radical (unpaired) electrons. The minimum Gasteiger partial charge on any atom is -0.494 e. The number of halogens is 2. The molecule has 1 amide bonds. The summed E-state index contributed by atoms with van der Waals surface area (Å²) in [5, 5.41) is 34.5. The van der Waals surface area contributed by atoms with Crippen molar-refractivity contribution in [2.24, 2.45) is 5.92 Å². The van der Waals surface area contributed by atoms with E-state index in [2.05, 4.69) is 20.5 Å². The van der Waals surface area contributed by atoms with Crippen molar-refractivity contribution in [2.75, 3.05) is 13.6 Å². The molecule has 0 spiro atoms. The van der Waals surface area contributed by atoms with Crippen LogP contribution in [0.5, 0.6) is 5.75 Å². The summed E-state index contributed by atoms with van der Waals surface area (Å²) in [6.07, 6.45) is 3.16. The van der Waals surface area contributed by atoms with E-state index < -0.39 is 35.8 Å². The number of nitrogens with zero attached hydrogens (tertiary/aromatic N) is 3. The summed E-state index contributed by atoms with van der Waals surface area (Å²) in [4.78, 5) is 18.0. The molecule has 218 valence electrons. The van der Waals surface area contributed by atoms with Crippen LogP contribution in [0, 0.1) is 17.6 Å². The Balaban J connectivity index is 1.36. The average Bonchev–Trinajstić information content (AvgIpc) is 3.88. The molecule has 2 heterocycles. The van der Waals surface area contributed by atoms with E-state index in [0.29, 0.717) is 18.2 Å². The summed E-state index contributed by atoms with van der Waals surface area (Å²) in [5.74, 6) is -2.16. The first kappa shape index (κ1) is 24.6. The number of pyridine rings is 1. The standard InChI is InChI=1S/C32H32F2N4O4/c1-31(2,40)23-15-26(36-29(27(23)34)18-6-10-22(33)11-7-18)32(41,21-8-9-21)16-35-30(39)20-12-19-13-24(17-4-5-17)37-38-28(19)25(14-20)42-3/h6-7,10-15,17,21,40-41H,4-5,8-9,16H2,1-3H3,(H,35,39)/i3D3. The van der Waals surface area contributed by atoms with Crippen molar-refractivity contribution in [1.82, 2.24) is 20.5 Å². The summed E-state index contributed by atoms with van der Waals surface area (Å²) in [6.45, 7) is 2.48. The normalized spacial score (nSPS) is 18.1. The number of fused-ring (bicyclic) bond motifs is 1. The fourth-order valence-electron chi connectivity index (χ4n) is 5.25. The molecule has 1 atom stereocenters. The van der Waals surface area contributed by atoms with Crippen molar-refractivity contribution in [3.05, 3.63) is 82.7 Å². The summed E-state index contributed by atoms with van der Waals surface area (Å²) in [5.41, 5.74) is -2.41. The number of methoxy groups -OCH3 is 1. The van der Waals surface area contributed by atoms with Crippen molar-refractivity contribution >= 4 is 16.8 Å². The lowest BCUT2D eigenvalue weighted by Gasteiger charge is -2.31. The minimum atomic E-state index is -2.81. The van der Waals surface area contributed by atoms with Crippen molar-refractivity contribution in [3.8, 4) is 17.0 Å². The number of amides is 1. The highest BCUT2D eigenvalue weighted by Gasteiger charge is 2.47. The van der Waals surface area contributed by atoms with Gasteiger partial charge in [-0.25, -0.2) is 13.8 Å². The third-order valence-corrected chi connectivity index (χ3v) is 7.99. The molecule has 0 saturated heterocycles. The van der Waals surface area contributed by atoms with E-state index in [1.54, 1.807) is 12.1 Å². The predicted molar refractivity (Wildman–Crippen MR) is 152 cm³/mol. The first-order valence-electron chi connectivity index (χ1n) is 15.3. The SMILES string of the molecule is [2H]C([2H])([2H])Oc1cc(C(=O)NCC(O)(c2cc(C(C)(C)O)c(F)c(-c3ccc(F)cc3)n2)C2CC2)cc2cc(C3CC3)nnc12. The van der Waals surface area contributed by atoms with E-state index >= 15 is 4.39 Å². The van der Waals surface area contributed by atoms with Gasteiger partial charge in [0.15, 0.2) is 5.82 Å². The molecule has 2 fully saturated rings. The number of benzene rings is 2. The number of aromatic nitrogens is 3. The Morgan fingerprint density at radius 3 is 2.45 bits per heavy atom. The van der Waals surface area contributed by atoms with Gasteiger partial charge in [0.05, 0.1) is 34.7 Å². The molecule has 10 heteroatoms. The van der Waals surface area contributed by atoms with Crippen molar-refractivity contribution in [3.63, 3.8) is 0 Å². The highest BCUT2D eigenvalue weighted by molar-refractivity contribution is 6.00. The van der Waals surface area contributed by atoms with Crippen LogP contribution in [-0.4, -0.2) is 44.9 Å². The van der Waals surface area contributed by atoms with Gasteiger partial charge < -0.3 is 20.3 Å². The van der Waals surface area contributed by atoms with Crippen LogP contribution >= 0.6 is 0 Å². The fraction of sp³-hybridized carbons (Fsp3) is 0.375. The molecule has 1 unspecified atom stereocenters. The summed E-state index contributed by atoms with van der Waals surface area (Å²) in [7, 11) is -2.81. The largest absolute Gasteiger partial charge is 0.494 e. The molecule has 3 N–H and O–H groups in total. The maximum atomic E-state index is 15.7. The molecular formula is C32H32F2N4O4. The number of carbonyl (C=O) groups is 1. The van der Waals surface area contributed by atoms with Crippen LogP contribution in [0.1, 0.15) is 76.9 Å². The number of ether oxygens (including phenoxy) is 1. The second kappa shape index (κ2) is 10.4. The Labute approximate surface area is 246 Å². The number of rotatable bonds is 9. The lowest BCUT2D eigenvalue weighted by molar-refractivity contribution is 0.00864. The maximum absolute atomic E-state index is 15.7. The molecule has 8 nitrogen and oxygen atoms in total. The van der Waals surface area contributed by atoms with E-state index in [0.717, 1.165) is 30.7 Å².